The van der Waals surface area contributed by atoms with Crippen LogP contribution in [-0.4, -0.2) is 43.8 Å². The number of carbonyl (C=O) groups excluding carboxylic acids is 1. The number of amides is 1. The molecule has 1 amide bonds. The molecule has 0 saturated heterocycles. The summed E-state index contributed by atoms with van der Waals surface area (Å²) in [5.41, 5.74) is 3.11. The standard InChI is InChI=1S/C18H20N4O2/c1-13-16-10-15(11-19-17(16)21(2)20-13)18(24)22(8-9-23)12-14-6-4-3-5-7-14/h3-7,10-11,23H,8-9,12H2,1-2H3. The lowest BCUT2D eigenvalue weighted by molar-refractivity contribution is 0.0707. The molecular formula is C18H20N4O2. The lowest BCUT2D eigenvalue weighted by atomic mass is 10.1. The molecule has 1 N–H and O–H groups in total. The van der Waals surface area contributed by atoms with Crippen LogP contribution in [0.5, 0.6) is 0 Å². The summed E-state index contributed by atoms with van der Waals surface area (Å²) < 4.78 is 1.70. The summed E-state index contributed by atoms with van der Waals surface area (Å²) in [6.45, 7) is 2.54. The van der Waals surface area contributed by atoms with Crippen molar-refractivity contribution in [2.45, 2.75) is 13.5 Å². The molecule has 24 heavy (non-hydrogen) atoms. The first-order chi connectivity index (χ1) is 11.6. The number of hydrogen-bond donors (Lipinski definition) is 1. The molecule has 6 heteroatoms. The van der Waals surface area contributed by atoms with E-state index in [9.17, 15) is 9.90 Å². The van der Waals surface area contributed by atoms with Crippen molar-refractivity contribution in [2.75, 3.05) is 13.2 Å². The Bertz CT molecular complexity index is 858. The zero-order valence-electron chi connectivity index (χ0n) is 13.8. The van der Waals surface area contributed by atoms with Crippen LogP contribution >= 0.6 is 0 Å². The highest BCUT2D eigenvalue weighted by Gasteiger charge is 2.18. The van der Waals surface area contributed by atoms with Gasteiger partial charge < -0.3 is 10.0 Å². The van der Waals surface area contributed by atoms with Crippen LogP contribution in [0.1, 0.15) is 21.6 Å². The number of benzene rings is 1. The Morgan fingerprint density at radius 2 is 2.04 bits per heavy atom. The van der Waals surface area contributed by atoms with Crippen LogP contribution in [0, 0.1) is 6.92 Å². The molecule has 0 aliphatic rings. The van der Waals surface area contributed by atoms with E-state index in [1.807, 2.05) is 50.4 Å². The maximum atomic E-state index is 12.8. The zero-order chi connectivity index (χ0) is 17.1. The van der Waals surface area contributed by atoms with E-state index in [1.165, 1.54) is 0 Å². The minimum Gasteiger partial charge on any atom is -0.395 e. The largest absolute Gasteiger partial charge is 0.395 e. The second-order valence-corrected chi connectivity index (χ2v) is 5.74. The van der Waals surface area contributed by atoms with Crippen LogP contribution in [0.2, 0.25) is 0 Å². The van der Waals surface area contributed by atoms with Gasteiger partial charge in [0.05, 0.1) is 17.9 Å². The van der Waals surface area contributed by atoms with Gasteiger partial charge >= 0.3 is 0 Å². The normalized spacial score (nSPS) is 11.0. The third-order valence-electron chi connectivity index (χ3n) is 3.98. The second-order valence-electron chi connectivity index (χ2n) is 5.74. The van der Waals surface area contributed by atoms with Gasteiger partial charge in [-0.3, -0.25) is 9.48 Å². The van der Waals surface area contributed by atoms with Crippen LogP contribution < -0.4 is 0 Å². The van der Waals surface area contributed by atoms with E-state index < -0.39 is 0 Å². The molecule has 3 rings (SSSR count). The number of carbonyl (C=O) groups is 1. The Morgan fingerprint density at radius 3 is 2.75 bits per heavy atom. The molecule has 0 aliphatic heterocycles. The molecule has 0 spiro atoms. The van der Waals surface area contributed by atoms with Gasteiger partial charge in [-0.05, 0) is 18.6 Å². The maximum absolute atomic E-state index is 12.8. The molecule has 0 saturated carbocycles. The quantitative estimate of drug-likeness (QED) is 0.778. The highest BCUT2D eigenvalue weighted by atomic mass is 16.3. The number of aliphatic hydroxyl groups is 1. The number of nitrogens with zero attached hydrogens (tertiary/aromatic N) is 4. The monoisotopic (exact) mass is 324 g/mol. The fraction of sp³-hybridized carbons (Fsp3) is 0.278. The van der Waals surface area contributed by atoms with Gasteiger partial charge in [0.1, 0.15) is 0 Å². The molecule has 2 heterocycles. The van der Waals surface area contributed by atoms with Crippen molar-refractivity contribution in [3.8, 4) is 0 Å². The predicted octanol–water partition coefficient (Wildman–Crippen LogP) is 1.91. The molecule has 0 bridgehead atoms. The lowest BCUT2D eigenvalue weighted by Gasteiger charge is -2.22. The Labute approximate surface area is 140 Å². The van der Waals surface area contributed by atoms with Crippen molar-refractivity contribution in [3.63, 3.8) is 0 Å². The molecule has 0 fully saturated rings. The van der Waals surface area contributed by atoms with Crippen LogP contribution in [0.25, 0.3) is 11.0 Å². The Morgan fingerprint density at radius 1 is 1.29 bits per heavy atom. The maximum Gasteiger partial charge on any atom is 0.255 e. The summed E-state index contributed by atoms with van der Waals surface area (Å²) in [4.78, 5) is 18.8. The van der Waals surface area contributed by atoms with E-state index >= 15 is 0 Å². The van der Waals surface area contributed by atoms with Gasteiger partial charge in [0.15, 0.2) is 5.65 Å². The van der Waals surface area contributed by atoms with Crippen molar-refractivity contribution >= 4 is 16.9 Å². The minimum atomic E-state index is -0.148. The smallest absolute Gasteiger partial charge is 0.255 e. The van der Waals surface area contributed by atoms with Gasteiger partial charge in [0, 0.05) is 31.7 Å². The minimum absolute atomic E-state index is 0.0832. The summed E-state index contributed by atoms with van der Waals surface area (Å²) in [5, 5.41) is 14.5. The molecule has 0 unspecified atom stereocenters. The van der Waals surface area contributed by atoms with Crippen molar-refractivity contribution in [1.82, 2.24) is 19.7 Å². The molecule has 124 valence electrons. The number of pyridine rings is 1. The van der Waals surface area contributed by atoms with E-state index in [0.29, 0.717) is 12.1 Å². The first-order valence-electron chi connectivity index (χ1n) is 7.83. The first-order valence-corrected chi connectivity index (χ1v) is 7.83. The average Bonchev–Trinajstić information content (AvgIpc) is 2.88. The van der Waals surface area contributed by atoms with Gasteiger partial charge in [-0.1, -0.05) is 30.3 Å². The van der Waals surface area contributed by atoms with Crippen molar-refractivity contribution in [1.29, 1.82) is 0 Å². The number of fused-ring (bicyclic) bond motifs is 1. The van der Waals surface area contributed by atoms with Crippen LogP contribution in [-0.2, 0) is 13.6 Å². The molecule has 0 radical (unpaired) electrons. The Hall–Kier alpha value is -2.73. The highest BCUT2D eigenvalue weighted by Crippen LogP contribution is 2.18. The van der Waals surface area contributed by atoms with Crippen LogP contribution in [0.15, 0.2) is 42.6 Å². The van der Waals surface area contributed by atoms with Crippen molar-refractivity contribution in [2.24, 2.45) is 7.05 Å². The van der Waals surface area contributed by atoms with Gasteiger partial charge in [-0.15, -0.1) is 0 Å². The van der Waals surface area contributed by atoms with Crippen LogP contribution in [0.4, 0.5) is 0 Å². The molecule has 0 atom stereocenters. The second kappa shape index (κ2) is 6.80. The van der Waals surface area contributed by atoms with Crippen LogP contribution in [0.3, 0.4) is 0 Å². The summed E-state index contributed by atoms with van der Waals surface area (Å²) >= 11 is 0. The fourth-order valence-corrected chi connectivity index (χ4v) is 2.78. The van der Waals surface area contributed by atoms with Crippen molar-refractivity contribution < 1.29 is 9.90 Å². The fourth-order valence-electron chi connectivity index (χ4n) is 2.78. The Balaban J connectivity index is 1.90. The molecule has 3 aromatic rings. The third-order valence-corrected chi connectivity index (χ3v) is 3.98. The first kappa shape index (κ1) is 16.1. The van der Waals surface area contributed by atoms with Gasteiger partial charge in [-0.25, -0.2) is 4.98 Å². The molecule has 1 aromatic carbocycles. The van der Waals surface area contributed by atoms with E-state index in [0.717, 1.165) is 22.3 Å². The number of aryl methyl sites for hydroxylation is 2. The number of hydrogen-bond acceptors (Lipinski definition) is 4. The summed E-state index contributed by atoms with van der Waals surface area (Å²) in [6.07, 6.45) is 1.57. The summed E-state index contributed by atoms with van der Waals surface area (Å²) in [5.74, 6) is -0.148. The topological polar surface area (TPSA) is 71.2 Å². The highest BCUT2D eigenvalue weighted by molar-refractivity contribution is 5.97. The predicted molar refractivity (Wildman–Crippen MR) is 91.5 cm³/mol. The molecule has 6 nitrogen and oxygen atoms in total. The van der Waals surface area contributed by atoms with E-state index in [2.05, 4.69) is 10.1 Å². The summed E-state index contributed by atoms with van der Waals surface area (Å²) in [6, 6.07) is 11.6. The SMILES string of the molecule is Cc1nn(C)c2ncc(C(=O)N(CCO)Cc3ccccc3)cc12. The van der Waals surface area contributed by atoms with Crippen molar-refractivity contribution in [3.05, 3.63) is 59.4 Å². The van der Waals surface area contributed by atoms with Gasteiger partial charge in [-0.2, -0.15) is 5.10 Å². The van der Waals surface area contributed by atoms with Gasteiger partial charge in [0.2, 0.25) is 0 Å². The van der Waals surface area contributed by atoms with E-state index in [-0.39, 0.29) is 19.1 Å². The number of rotatable bonds is 5. The molecule has 2 aromatic heterocycles. The van der Waals surface area contributed by atoms with E-state index in [4.69, 9.17) is 0 Å². The van der Waals surface area contributed by atoms with E-state index in [1.54, 1.807) is 15.8 Å². The molecule has 0 aliphatic carbocycles. The third kappa shape index (κ3) is 3.14. The number of aromatic nitrogens is 3. The lowest BCUT2D eigenvalue weighted by Crippen LogP contribution is -2.33. The summed E-state index contributed by atoms with van der Waals surface area (Å²) in [7, 11) is 1.83. The van der Waals surface area contributed by atoms with Gasteiger partial charge in [0.25, 0.3) is 5.91 Å². The zero-order valence-corrected chi connectivity index (χ0v) is 13.8. The molecular weight excluding hydrogens is 304 g/mol. The number of aliphatic hydroxyl groups excluding tert-OH is 1. The average molecular weight is 324 g/mol. The Kier molecular flexibility index (Phi) is 4.57.